The van der Waals surface area contributed by atoms with Gasteiger partial charge in [0.2, 0.25) is 0 Å². The molecule has 0 N–H and O–H groups in total. The van der Waals surface area contributed by atoms with E-state index in [-0.39, 0.29) is 6.54 Å². The monoisotopic (exact) mass is 212 g/mol. The van der Waals surface area contributed by atoms with Crippen molar-refractivity contribution in [3.05, 3.63) is 0 Å². The molecule has 0 aliphatic heterocycles. The van der Waals surface area contributed by atoms with Gasteiger partial charge in [0.15, 0.2) is 0 Å². The molecule has 0 rings (SSSR count). The van der Waals surface area contributed by atoms with E-state index < -0.39 is 12.1 Å². The molecule has 0 spiro atoms. The number of rotatable bonds is 4. The zero-order valence-electron chi connectivity index (χ0n) is 8.56. The Hall–Kier alpha value is -0.780. The fraction of sp³-hybridized carbons (Fsp3) is 0.875. The molecule has 0 atom stereocenters. The third kappa shape index (κ3) is 4.45. The predicted octanol–water partition coefficient (Wildman–Crippen LogP) is 0.959. The maximum atomic E-state index is 11.9. The van der Waals surface area contributed by atoms with Crippen LogP contribution in [0.5, 0.6) is 0 Å². The van der Waals surface area contributed by atoms with Gasteiger partial charge in [0.05, 0.1) is 0 Å². The van der Waals surface area contributed by atoms with E-state index in [1.54, 1.807) is 7.05 Å². The highest BCUT2D eigenvalue weighted by atomic mass is 19.4. The van der Waals surface area contributed by atoms with Crippen LogP contribution < -0.4 is 0 Å². The number of carbonyl (C=O) groups is 1. The Kier molecular flexibility index (Phi) is 4.90. The van der Waals surface area contributed by atoms with Crippen LogP contribution in [0.25, 0.3) is 0 Å². The van der Waals surface area contributed by atoms with Crippen LogP contribution in [-0.2, 0) is 4.79 Å². The van der Waals surface area contributed by atoms with Crippen LogP contribution in [0.1, 0.15) is 6.92 Å². The summed E-state index contributed by atoms with van der Waals surface area (Å²) in [7, 11) is 2.94. The summed E-state index contributed by atoms with van der Waals surface area (Å²) in [6.45, 7) is 3.16. The summed E-state index contributed by atoms with van der Waals surface area (Å²) in [4.78, 5) is 13.2. The van der Waals surface area contributed by atoms with E-state index in [4.69, 9.17) is 0 Å². The highest BCUT2D eigenvalue weighted by molar-refractivity contribution is 5.81. The van der Waals surface area contributed by atoms with Gasteiger partial charge in [-0.15, -0.1) is 0 Å². The average molecular weight is 212 g/mol. The summed E-state index contributed by atoms with van der Waals surface area (Å²) < 4.78 is 35.7. The molecule has 0 aromatic carbocycles. The molecule has 0 saturated carbocycles. The standard InChI is InChI=1S/C8H15F3N2O/c1-4-12(2)5-6-13(3)7(14)8(9,10)11/h4-6H2,1-3H3. The van der Waals surface area contributed by atoms with Gasteiger partial charge >= 0.3 is 12.1 Å². The summed E-state index contributed by atoms with van der Waals surface area (Å²) in [5, 5.41) is 0. The Morgan fingerprint density at radius 2 is 1.71 bits per heavy atom. The number of hydrogen-bond acceptors (Lipinski definition) is 2. The van der Waals surface area contributed by atoms with Crippen molar-refractivity contribution < 1.29 is 18.0 Å². The molecule has 0 saturated heterocycles. The molecule has 0 heterocycles. The number of nitrogens with zero attached hydrogens (tertiary/aromatic N) is 2. The fourth-order valence-electron chi connectivity index (χ4n) is 0.797. The third-order valence-corrected chi connectivity index (χ3v) is 1.95. The summed E-state index contributed by atoms with van der Waals surface area (Å²) in [6.07, 6.45) is -4.76. The zero-order chi connectivity index (χ0) is 11.4. The Balaban J connectivity index is 3.97. The number of likely N-dealkylation sites (N-methyl/N-ethyl adjacent to an activating group) is 2. The van der Waals surface area contributed by atoms with Crippen molar-refractivity contribution in [3.63, 3.8) is 0 Å². The second-order valence-electron chi connectivity index (χ2n) is 3.12. The van der Waals surface area contributed by atoms with Crippen molar-refractivity contribution in [2.24, 2.45) is 0 Å². The molecule has 84 valence electrons. The summed E-state index contributed by atoms with van der Waals surface area (Å²) in [6, 6.07) is 0. The molecule has 0 radical (unpaired) electrons. The van der Waals surface area contributed by atoms with E-state index in [0.717, 1.165) is 13.6 Å². The first-order chi connectivity index (χ1) is 6.29. The van der Waals surface area contributed by atoms with Crippen LogP contribution in [-0.4, -0.2) is 55.6 Å². The molecular weight excluding hydrogens is 197 g/mol. The summed E-state index contributed by atoms with van der Waals surface area (Å²) in [5.41, 5.74) is 0. The highest BCUT2D eigenvalue weighted by Crippen LogP contribution is 2.17. The maximum absolute atomic E-state index is 11.9. The smallest absolute Gasteiger partial charge is 0.337 e. The number of carbonyl (C=O) groups excluding carboxylic acids is 1. The SMILES string of the molecule is CCN(C)CCN(C)C(=O)C(F)(F)F. The number of halogens is 3. The lowest BCUT2D eigenvalue weighted by atomic mass is 10.4. The van der Waals surface area contributed by atoms with Gasteiger partial charge in [-0.25, -0.2) is 0 Å². The molecular formula is C8H15F3N2O. The molecule has 0 fully saturated rings. The van der Waals surface area contributed by atoms with Crippen molar-refractivity contribution in [1.29, 1.82) is 0 Å². The second-order valence-corrected chi connectivity index (χ2v) is 3.12. The molecule has 6 heteroatoms. The molecule has 0 aliphatic rings. The number of amides is 1. The first kappa shape index (κ1) is 13.2. The van der Waals surface area contributed by atoms with Gasteiger partial charge in [0.1, 0.15) is 0 Å². The van der Waals surface area contributed by atoms with Crippen molar-refractivity contribution in [1.82, 2.24) is 9.80 Å². The Bertz CT molecular complexity index is 194. The highest BCUT2D eigenvalue weighted by Gasteiger charge is 2.40. The van der Waals surface area contributed by atoms with E-state index in [1.165, 1.54) is 0 Å². The van der Waals surface area contributed by atoms with Gasteiger partial charge in [0, 0.05) is 20.1 Å². The lowest BCUT2D eigenvalue weighted by molar-refractivity contribution is -0.184. The molecule has 14 heavy (non-hydrogen) atoms. The minimum Gasteiger partial charge on any atom is -0.337 e. The van der Waals surface area contributed by atoms with Crippen molar-refractivity contribution in [2.75, 3.05) is 33.7 Å². The maximum Gasteiger partial charge on any atom is 0.471 e. The molecule has 0 aromatic rings. The molecule has 1 amide bonds. The van der Waals surface area contributed by atoms with Gasteiger partial charge < -0.3 is 9.80 Å². The van der Waals surface area contributed by atoms with Gasteiger partial charge in [-0.3, -0.25) is 4.79 Å². The van der Waals surface area contributed by atoms with E-state index in [0.29, 0.717) is 11.4 Å². The van der Waals surface area contributed by atoms with Gasteiger partial charge in [-0.2, -0.15) is 13.2 Å². The van der Waals surface area contributed by atoms with E-state index in [2.05, 4.69) is 0 Å². The molecule has 0 bridgehead atoms. The predicted molar refractivity (Wildman–Crippen MR) is 46.9 cm³/mol. The Morgan fingerprint density at radius 1 is 1.21 bits per heavy atom. The largest absolute Gasteiger partial charge is 0.471 e. The van der Waals surface area contributed by atoms with Crippen molar-refractivity contribution in [2.45, 2.75) is 13.1 Å². The van der Waals surface area contributed by atoms with E-state index in [1.807, 2.05) is 11.8 Å². The number of hydrogen-bond donors (Lipinski definition) is 0. The Labute approximate surface area is 81.5 Å². The van der Waals surface area contributed by atoms with Crippen LogP contribution >= 0.6 is 0 Å². The fourth-order valence-corrected chi connectivity index (χ4v) is 0.797. The first-order valence-corrected chi connectivity index (χ1v) is 4.29. The van der Waals surface area contributed by atoms with Crippen molar-refractivity contribution >= 4 is 5.91 Å². The lowest BCUT2D eigenvalue weighted by Gasteiger charge is -2.21. The third-order valence-electron chi connectivity index (χ3n) is 1.95. The van der Waals surface area contributed by atoms with Crippen LogP contribution in [0, 0.1) is 0 Å². The number of alkyl halides is 3. The molecule has 0 unspecified atom stereocenters. The summed E-state index contributed by atoms with van der Waals surface area (Å²) >= 11 is 0. The minimum absolute atomic E-state index is 0.0860. The molecule has 0 aromatic heterocycles. The van der Waals surface area contributed by atoms with Crippen LogP contribution in [0.3, 0.4) is 0 Å². The summed E-state index contributed by atoms with van der Waals surface area (Å²) in [5.74, 6) is -1.79. The van der Waals surface area contributed by atoms with Crippen molar-refractivity contribution in [3.8, 4) is 0 Å². The first-order valence-electron chi connectivity index (χ1n) is 4.29. The van der Waals surface area contributed by atoms with Gasteiger partial charge in [0.25, 0.3) is 0 Å². The Morgan fingerprint density at radius 3 is 2.07 bits per heavy atom. The average Bonchev–Trinajstić information content (AvgIpc) is 2.10. The second kappa shape index (κ2) is 5.19. The minimum atomic E-state index is -4.76. The topological polar surface area (TPSA) is 23.6 Å². The van der Waals surface area contributed by atoms with Crippen LogP contribution in [0.15, 0.2) is 0 Å². The zero-order valence-corrected chi connectivity index (χ0v) is 8.56. The molecule has 0 aliphatic carbocycles. The van der Waals surface area contributed by atoms with E-state index >= 15 is 0 Å². The lowest BCUT2D eigenvalue weighted by Crippen LogP contribution is -2.41. The van der Waals surface area contributed by atoms with Gasteiger partial charge in [-0.1, -0.05) is 6.92 Å². The van der Waals surface area contributed by atoms with Crippen LogP contribution in [0.2, 0.25) is 0 Å². The van der Waals surface area contributed by atoms with E-state index in [9.17, 15) is 18.0 Å². The quantitative estimate of drug-likeness (QED) is 0.693. The van der Waals surface area contributed by atoms with Gasteiger partial charge in [-0.05, 0) is 13.6 Å². The normalized spacial score (nSPS) is 11.9. The van der Waals surface area contributed by atoms with Crippen LogP contribution in [0.4, 0.5) is 13.2 Å². The molecule has 3 nitrogen and oxygen atoms in total.